The van der Waals surface area contributed by atoms with E-state index >= 15 is 0 Å². The summed E-state index contributed by atoms with van der Waals surface area (Å²) in [6, 6.07) is 8.03. The Kier molecular flexibility index (Phi) is 4.90. The highest BCUT2D eigenvalue weighted by atomic mass is 32.2. The van der Waals surface area contributed by atoms with E-state index in [-0.39, 0.29) is 17.9 Å². The van der Waals surface area contributed by atoms with Gasteiger partial charge in [-0.15, -0.1) is 10.2 Å². The van der Waals surface area contributed by atoms with Gasteiger partial charge in [0.1, 0.15) is 0 Å². The SMILES string of the molecule is CSc1nnc([C@@H]2CCCN2C(=O)[C@@H](C)Cn2cnc3ccccc32)n1C. The highest BCUT2D eigenvalue weighted by molar-refractivity contribution is 7.98. The van der Waals surface area contributed by atoms with E-state index in [9.17, 15) is 4.79 Å². The highest BCUT2D eigenvalue weighted by Crippen LogP contribution is 2.33. The van der Waals surface area contributed by atoms with Crippen molar-refractivity contribution in [2.24, 2.45) is 13.0 Å². The van der Waals surface area contributed by atoms with Crippen molar-refractivity contribution < 1.29 is 4.79 Å². The highest BCUT2D eigenvalue weighted by Gasteiger charge is 2.35. The summed E-state index contributed by atoms with van der Waals surface area (Å²) in [5.41, 5.74) is 2.02. The van der Waals surface area contributed by atoms with Gasteiger partial charge in [-0.1, -0.05) is 30.8 Å². The minimum atomic E-state index is -0.128. The first-order valence-electron chi connectivity index (χ1n) is 9.23. The summed E-state index contributed by atoms with van der Waals surface area (Å²) in [6.07, 6.45) is 5.75. The standard InChI is InChI=1S/C19H24N6OS/c1-13(11-24-12-20-14-7-4-5-8-15(14)24)18(26)25-10-6-9-16(25)17-21-22-19(27-3)23(17)2/h4-5,7-8,12-13,16H,6,9-11H2,1-3H3/t13-,16-/m0/s1. The van der Waals surface area contributed by atoms with Gasteiger partial charge in [-0.2, -0.15) is 0 Å². The number of amides is 1. The molecule has 2 atom stereocenters. The van der Waals surface area contributed by atoms with Gasteiger partial charge in [0.15, 0.2) is 11.0 Å². The van der Waals surface area contributed by atoms with Gasteiger partial charge in [-0.3, -0.25) is 4.79 Å². The number of benzene rings is 1. The van der Waals surface area contributed by atoms with E-state index in [0.717, 1.165) is 41.4 Å². The second-order valence-corrected chi connectivity index (χ2v) is 7.85. The maximum absolute atomic E-state index is 13.2. The lowest BCUT2D eigenvalue weighted by atomic mass is 10.1. The van der Waals surface area contributed by atoms with Gasteiger partial charge in [-0.25, -0.2) is 4.98 Å². The molecule has 0 spiro atoms. The van der Waals surface area contributed by atoms with Gasteiger partial charge in [0.05, 0.1) is 29.3 Å². The Hall–Kier alpha value is -2.35. The van der Waals surface area contributed by atoms with Crippen molar-refractivity contribution in [1.29, 1.82) is 0 Å². The molecule has 1 fully saturated rings. The topological polar surface area (TPSA) is 68.8 Å². The van der Waals surface area contributed by atoms with Gasteiger partial charge in [0.2, 0.25) is 5.91 Å². The summed E-state index contributed by atoms with van der Waals surface area (Å²) >= 11 is 1.57. The van der Waals surface area contributed by atoms with Crippen LogP contribution in [0.15, 0.2) is 35.7 Å². The molecule has 3 aromatic rings. The number of aromatic nitrogens is 5. The minimum absolute atomic E-state index is 0.0119. The van der Waals surface area contributed by atoms with Crippen LogP contribution in [0.2, 0.25) is 0 Å². The molecule has 142 valence electrons. The number of carbonyl (C=O) groups is 1. The maximum atomic E-state index is 13.2. The number of likely N-dealkylation sites (tertiary alicyclic amines) is 1. The molecule has 27 heavy (non-hydrogen) atoms. The van der Waals surface area contributed by atoms with Crippen molar-refractivity contribution >= 4 is 28.7 Å². The third-order valence-electron chi connectivity index (χ3n) is 5.30. The van der Waals surface area contributed by atoms with Crippen LogP contribution in [0.5, 0.6) is 0 Å². The third kappa shape index (κ3) is 3.22. The Balaban J connectivity index is 1.53. The molecule has 1 amide bonds. The number of fused-ring (bicyclic) bond motifs is 1. The molecule has 2 aromatic heterocycles. The van der Waals surface area contributed by atoms with Crippen LogP contribution in [0.25, 0.3) is 11.0 Å². The number of hydrogen-bond acceptors (Lipinski definition) is 5. The van der Waals surface area contributed by atoms with Crippen LogP contribution in [0.3, 0.4) is 0 Å². The summed E-state index contributed by atoms with van der Waals surface area (Å²) in [5, 5.41) is 9.48. The fourth-order valence-electron chi connectivity index (χ4n) is 3.91. The van der Waals surface area contributed by atoms with Crippen LogP contribution >= 0.6 is 11.8 Å². The number of hydrogen-bond donors (Lipinski definition) is 0. The number of nitrogens with zero attached hydrogens (tertiary/aromatic N) is 6. The molecule has 1 aliphatic rings. The Morgan fingerprint density at radius 3 is 2.93 bits per heavy atom. The molecule has 8 heteroatoms. The average molecular weight is 385 g/mol. The van der Waals surface area contributed by atoms with E-state index in [4.69, 9.17) is 0 Å². The second-order valence-electron chi connectivity index (χ2n) is 7.08. The number of rotatable bonds is 5. The molecule has 0 radical (unpaired) electrons. The zero-order valence-corrected chi connectivity index (χ0v) is 16.7. The summed E-state index contributed by atoms with van der Waals surface area (Å²) in [6.45, 7) is 3.40. The Labute approximate surface area is 162 Å². The number of thioether (sulfide) groups is 1. The lowest BCUT2D eigenvalue weighted by Gasteiger charge is -2.27. The fraction of sp³-hybridized carbons (Fsp3) is 0.474. The molecular formula is C19H24N6OS. The van der Waals surface area contributed by atoms with Crippen LogP contribution in [0.1, 0.15) is 31.6 Å². The van der Waals surface area contributed by atoms with Crippen molar-refractivity contribution in [1.82, 2.24) is 29.2 Å². The molecule has 0 saturated carbocycles. The first kappa shape index (κ1) is 18.0. The first-order chi connectivity index (χ1) is 13.1. The lowest BCUT2D eigenvalue weighted by Crippen LogP contribution is -2.37. The molecule has 4 rings (SSSR count). The number of para-hydroxylation sites is 2. The molecule has 0 bridgehead atoms. The molecule has 0 N–H and O–H groups in total. The van der Waals surface area contributed by atoms with E-state index < -0.39 is 0 Å². The molecular weight excluding hydrogens is 360 g/mol. The van der Waals surface area contributed by atoms with E-state index in [2.05, 4.69) is 19.7 Å². The molecule has 1 aliphatic heterocycles. The molecule has 0 unspecified atom stereocenters. The Morgan fingerprint density at radius 1 is 1.33 bits per heavy atom. The summed E-state index contributed by atoms with van der Waals surface area (Å²) in [4.78, 5) is 19.6. The summed E-state index contributed by atoms with van der Waals surface area (Å²) in [7, 11) is 1.98. The van der Waals surface area contributed by atoms with Crippen LogP contribution in [-0.4, -0.2) is 47.9 Å². The molecule has 7 nitrogen and oxygen atoms in total. The normalized spacial score (nSPS) is 18.3. The van der Waals surface area contributed by atoms with E-state index in [1.165, 1.54) is 0 Å². The van der Waals surface area contributed by atoms with Crippen LogP contribution in [0.4, 0.5) is 0 Å². The molecule has 0 aliphatic carbocycles. The first-order valence-corrected chi connectivity index (χ1v) is 10.5. The largest absolute Gasteiger partial charge is 0.332 e. The third-order valence-corrected chi connectivity index (χ3v) is 6.03. The molecule has 1 aromatic carbocycles. The quantitative estimate of drug-likeness (QED) is 0.633. The Bertz CT molecular complexity index is 964. The summed E-state index contributed by atoms with van der Waals surface area (Å²) in [5.74, 6) is 0.922. The Morgan fingerprint density at radius 2 is 2.15 bits per heavy atom. The van der Waals surface area contributed by atoms with Gasteiger partial charge in [-0.05, 0) is 31.2 Å². The smallest absolute Gasteiger partial charge is 0.227 e. The lowest BCUT2D eigenvalue weighted by molar-refractivity contribution is -0.136. The predicted molar refractivity (Wildman–Crippen MR) is 105 cm³/mol. The van der Waals surface area contributed by atoms with Crippen LogP contribution in [0, 0.1) is 5.92 Å². The van der Waals surface area contributed by atoms with Crippen LogP contribution < -0.4 is 0 Å². The van der Waals surface area contributed by atoms with Gasteiger partial charge >= 0.3 is 0 Å². The van der Waals surface area contributed by atoms with Crippen molar-refractivity contribution in [2.75, 3.05) is 12.8 Å². The van der Waals surface area contributed by atoms with Crippen molar-refractivity contribution in [3.8, 4) is 0 Å². The van der Waals surface area contributed by atoms with Crippen molar-refractivity contribution in [3.05, 3.63) is 36.4 Å². The van der Waals surface area contributed by atoms with Crippen molar-refractivity contribution in [2.45, 2.75) is 37.5 Å². The van der Waals surface area contributed by atoms with E-state index in [1.807, 2.05) is 60.3 Å². The van der Waals surface area contributed by atoms with E-state index in [1.54, 1.807) is 11.8 Å². The average Bonchev–Trinajstić information content (AvgIpc) is 3.39. The maximum Gasteiger partial charge on any atom is 0.227 e. The fourth-order valence-corrected chi connectivity index (χ4v) is 4.39. The monoisotopic (exact) mass is 384 g/mol. The van der Waals surface area contributed by atoms with Crippen LogP contribution in [-0.2, 0) is 18.4 Å². The van der Waals surface area contributed by atoms with E-state index in [0.29, 0.717) is 6.54 Å². The van der Waals surface area contributed by atoms with Gasteiger partial charge in [0, 0.05) is 20.1 Å². The van der Waals surface area contributed by atoms with Gasteiger partial charge in [0.25, 0.3) is 0 Å². The number of carbonyl (C=O) groups excluding carboxylic acids is 1. The van der Waals surface area contributed by atoms with Crippen molar-refractivity contribution in [3.63, 3.8) is 0 Å². The predicted octanol–water partition coefficient (Wildman–Crippen LogP) is 2.89. The zero-order valence-electron chi connectivity index (χ0n) is 15.9. The number of imidazole rings is 1. The van der Waals surface area contributed by atoms with Gasteiger partial charge < -0.3 is 14.0 Å². The molecule has 3 heterocycles. The second kappa shape index (κ2) is 7.34. The minimum Gasteiger partial charge on any atom is -0.332 e. The summed E-state index contributed by atoms with van der Waals surface area (Å²) < 4.78 is 4.08. The zero-order chi connectivity index (χ0) is 19.0. The molecule has 1 saturated heterocycles.